The van der Waals surface area contributed by atoms with Crippen LogP contribution in [0.1, 0.15) is 41.7 Å². The molecule has 0 aliphatic rings. The Morgan fingerprint density at radius 3 is 2.61 bits per heavy atom. The second-order valence-corrected chi connectivity index (χ2v) is 9.19. The molecule has 1 N–H and O–H groups in total. The molecular formula is C22H24N2O6S. The van der Waals surface area contributed by atoms with Gasteiger partial charge in [-0.05, 0) is 24.3 Å². The lowest BCUT2D eigenvalue weighted by molar-refractivity contribution is -0.142. The summed E-state index contributed by atoms with van der Waals surface area (Å²) in [4.78, 5) is 49.5. The second-order valence-electron chi connectivity index (χ2n) is 8.02. The molecule has 3 aromatic rings. The van der Waals surface area contributed by atoms with Gasteiger partial charge < -0.3 is 14.5 Å². The molecule has 0 unspecified atom stereocenters. The standard InChI is InChI=1S/C22H24N2O6S/c1-22(2,3)20(27)23-12-14-8-9-18(31-14)16(25)13-29-19(26)10-11-24-15-6-4-5-7-17(15)30-21(24)28/h4-9H,10-13H2,1-3H3,(H,23,27). The predicted octanol–water partition coefficient (Wildman–Crippen LogP) is 3.13. The maximum atomic E-state index is 12.3. The quantitative estimate of drug-likeness (QED) is 0.422. The third kappa shape index (κ3) is 5.69. The van der Waals surface area contributed by atoms with E-state index in [1.165, 1.54) is 15.9 Å². The monoisotopic (exact) mass is 444 g/mol. The Labute approximate surface area is 182 Å². The molecular weight excluding hydrogens is 420 g/mol. The molecule has 0 saturated carbocycles. The van der Waals surface area contributed by atoms with Gasteiger partial charge in [-0.2, -0.15) is 0 Å². The Kier molecular flexibility index (Phi) is 6.74. The summed E-state index contributed by atoms with van der Waals surface area (Å²) in [6.07, 6.45) is -0.0642. The summed E-state index contributed by atoms with van der Waals surface area (Å²) < 4.78 is 11.5. The van der Waals surface area contributed by atoms with Crippen molar-refractivity contribution in [3.05, 3.63) is 56.7 Å². The number of nitrogens with zero attached hydrogens (tertiary/aromatic N) is 1. The molecule has 0 saturated heterocycles. The molecule has 2 heterocycles. The highest BCUT2D eigenvalue weighted by Gasteiger charge is 2.21. The third-order valence-corrected chi connectivity index (χ3v) is 5.64. The summed E-state index contributed by atoms with van der Waals surface area (Å²) in [7, 11) is 0. The largest absolute Gasteiger partial charge is 0.457 e. The zero-order valence-electron chi connectivity index (χ0n) is 17.6. The molecule has 164 valence electrons. The van der Waals surface area contributed by atoms with Crippen molar-refractivity contribution in [1.29, 1.82) is 0 Å². The van der Waals surface area contributed by atoms with E-state index in [1.807, 2.05) is 20.8 Å². The zero-order chi connectivity index (χ0) is 22.6. The number of Topliss-reactive ketones (excluding diaryl/α,β-unsaturated/α-hetero) is 1. The fraction of sp³-hybridized carbons (Fsp3) is 0.364. The van der Waals surface area contributed by atoms with Crippen LogP contribution in [0.25, 0.3) is 11.1 Å². The summed E-state index contributed by atoms with van der Waals surface area (Å²) in [6, 6.07) is 10.3. The number of esters is 1. The predicted molar refractivity (Wildman–Crippen MR) is 116 cm³/mol. The molecule has 0 atom stereocenters. The third-order valence-electron chi connectivity index (χ3n) is 4.52. The molecule has 0 bridgehead atoms. The van der Waals surface area contributed by atoms with E-state index in [4.69, 9.17) is 9.15 Å². The van der Waals surface area contributed by atoms with Gasteiger partial charge in [-0.25, -0.2) is 4.79 Å². The number of oxazole rings is 1. The number of carbonyl (C=O) groups is 3. The minimum absolute atomic E-state index is 0.0642. The molecule has 2 aromatic heterocycles. The molecule has 0 radical (unpaired) electrons. The number of benzene rings is 1. The van der Waals surface area contributed by atoms with Crippen molar-refractivity contribution in [3.8, 4) is 0 Å². The van der Waals surface area contributed by atoms with E-state index in [0.29, 0.717) is 22.5 Å². The van der Waals surface area contributed by atoms with Gasteiger partial charge in [0.2, 0.25) is 11.7 Å². The van der Waals surface area contributed by atoms with E-state index in [0.717, 1.165) is 4.88 Å². The van der Waals surface area contributed by atoms with Gasteiger partial charge in [0.25, 0.3) is 0 Å². The highest BCUT2D eigenvalue weighted by atomic mass is 32.1. The van der Waals surface area contributed by atoms with Gasteiger partial charge in [0, 0.05) is 16.8 Å². The highest BCUT2D eigenvalue weighted by molar-refractivity contribution is 7.14. The molecule has 1 aromatic carbocycles. The lowest BCUT2D eigenvalue weighted by Gasteiger charge is -2.17. The Balaban J connectivity index is 1.48. The van der Waals surface area contributed by atoms with E-state index in [-0.39, 0.29) is 31.3 Å². The lowest BCUT2D eigenvalue weighted by Crippen LogP contribution is -2.34. The Bertz CT molecular complexity index is 1160. The maximum absolute atomic E-state index is 12.3. The van der Waals surface area contributed by atoms with Gasteiger partial charge in [-0.1, -0.05) is 32.9 Å². The van der Waals surface area contributed by atoms with Crippen molar-refractivity contribution in [2.45, 2.75) is 40.3 Å². The Morgan fingerprint density at radius 1 is 1.13 bits per heavy atom. The molecule has 0 spiro atoms. The molecule has 0 fully saturated rings. The first-order valence-corrected chi connectivity index (χ1v) is 10.6. The molecule has 1 amide bonds. The van der Waals surface area contributed by atoms with Gasteiger partial charge in [0.15, 0.2) is 12.2 Å². The number of rotatable bonds is 8. The summed E-state index contributed by atoms with van der Waals surface area (Å²) >= 11 is 1.25. The number of hydrogen-bond donors (Lipinski definition) is 1. The summed E-state index contributed by atoms with van der Waals surface area (Å²) in [5.41, 5.74) is 0.558. The van der Waals surface area contributed by atoms with Crippen molar-refractivity contribution < 1.29 is 23.5 Å². The molecule has 0 aliphatic heterocycles. The topological polar surface area (TPSA) is 108 Å². The smallest absolute Gasteiger partial charge is 0.419 e. The molecule has 8 nitrogen and oxygen atoms in total. The van der Waals surface area contributed by atoms with E-state index in [9.17, 15) is 19.2 Å². The molecule has 0 aliphatic carbocycles. The number of aryl methyl sites for hydroxylation is 1. The minimum Gasteiger partial charge on any atom is -0.457 e. The number of ether oxygens (including phenoxy) is 1. The lowest BCUT2D eigenvalue weighted by atomic mass is 9.96. The number of thiophene rings is 1. The summed E-state index contributed by atoms with van der Waals surface area (Å²) in [6.45, 7) is 5.53. The van der Waals surface area contributed by atoms with E-state index >= 15 is 0 Å². The van der Waals surface area contributed by atoms with Crippen LogP contribution < -0.4 is 11.1 Å². The van der Waals surface area contributed by atoms with Gasteiger partial charge in [-0.3, -0.25) is 19.0 Å². The number of para-hydroxylation sites is 2. The molecule has 3 rings (SSSR count). The number of amides is 1. The number of nitrogens with one attached hydrogen (secondary N) is 1. The van der Waals surface area contributed by atoms with Crippen molar-refractivity contribution in [1.82, 2.24) is 9.88 Å². The van der Waals surface area contributed by atoms with E-state index in [2.05, 4.69) is 5.32 Å². The van der Waals surface area contributed by atoms with E-state index < -0.39 is 17.1 Å². The van der Waals surface area contributed by atoms with Crippen molar-refractivity contribution in [3.63, 3.8) is 0 Å². The minimum atomic E-state index is -0.584. The second kappa shape index (κ2) is 9.30. The number of fused-ring (bicyclic) bond motifs is 1. The van der Waals surface area contributed by atoms with Crippen LogP contribution in [0.4, 0.5) is 0 Å². The Hall–Kier alpha value is -3.20. The Morgan fingerprint density at radius 2 is 1.87 bits per heavy atom. The van der Waals surface area contributed by atoms with Crippen LogP contribution in [-0.4, -0.2) is 28.8 Å². The van der Waals surface area contributed by atoms with Crippen LogP contribution in [-0.2, 0) is 27.4 Å². The van der Waals surface area contributed by atoms with Crippen LogP contribution in [0.15, 0.2) is 45.6 Å². The van der Waals surface area contributed by atoms with Gasteiger partial charge >= 0.3 is 11.7 Å². The highest BCUT2D eigenvalue weighted by Crippen LogP contribution is 2.19. The SMILES string of the molecule is CC(C)(C)C(=O)NCc1ccc(C(=O)COC(=O)CCn2c(=O)oc3ccccc32)s1. The fourth-order valence-electron chi connectivity index (χ4n) is 2.77. The first kappa shape index (κ1) is 22.5. The molecule has 31 heavy (non-hydrogen) atoms. The average Bonchev–Trinajstić information content (AvgIpc) is 3.31. The van der Waals surface area contributed by atoms with Crippen LogP contribution in [0.3, 0.4) is 0 Å². The van der Waals surface area contributed by atoms with Gasteiger partial charge in [-0.15, -0.1) is 11.3 Å². The van der Waals surface area contributed by atoms with Gasteiger partial charge in [0.1, 0.15) is 0 Å². The van der Waals surface area contributed by atoms with Crippen molar-refractivity contribution >= 4 is 40.1 Å². The van der Waals surface area contributed by atoms with Crippen LogP contribution in [0, 0.1) is 5.41 Å². The number of carbonyl (C=O) groups excluding carboxylic acids is 3. The fourth-order valence-corrected chi connectivity index (χ4v) is 3.65. The average molecular weight is 445 g/mol. The zero-order valence-corrected chi connectivity index (χ0v) is 18.4. The number of aromatic nitrogens is 1. The van der Waals surface area contributed by atoms with Crippen molar-refractivity contribution in [2.75, 3.05) is 6.61 Å². The first-order valence-electron chi connectivity index (χ1n) is 9.79. The normalized spacial score (nSPS) is 11.5. The molecule has 9 heteroatoms. The van der Waals surface area contributed by atoms with E-state index in [1.54, 1.807) is 36.4 Å². The van der Waals surface area contributed by atoms with Crippen LogP contribution in [0.2, 0.25) is 0 Å². The van der Waals surface area contributed by atoms with Crippen molar-refractivity contribution in [2.24, 2.45) is 5.41 Å². The number of ketones is 1. The van der Waals surface area contributed by atoms with Gasteiger partial charge in [0.05, 0.1) is 23.4 Å². The van der Waals surface area contributed by atoms with Crippen LogP contribution >= 0.6 is 11.3 Å². The summed E-state index contributed by atoms with van der Waals surface area (Å²) in [5, 5.41) is 2.83. The summed E-state index contributed by atoms with van der Waals surface area (Å²) in [5.74, 6) is -1.53. The number of hydrogen-bond acceptors (Lipinski definition) is 7. The first-order chi connectivity index (χ1) is 14.6. The maximum Gasteiger partial charge on any atom is 0.419 e. The van der Waals surface area contributed by atoms with Crippen LogP contribution in [0.5, 0.6) is 0 Å².